The second kappa shape index (κ2) is 5.85. The van der Waals surface area contributed by atoms with Gasteiger partial charge in [0.05, 0.1) is 24.5 Å². The highest BCUT2D eigenvalue weighted by atomic mass is 16.5. The molecule has 24 heavy (non-hydrogen) atoms. The number of aromatic nitrogens is 2. The van der Waals surface area contributed by atoms with Gasteiger partial charge >= 0.3 is 0 Å². The van der Waals surface area contributed by atoms with Crippen LogP contribution in [0.2, 0.25) is 0 Å². The Morgan fingerprint density at radius 1 is 1.04 bits per heavy atom. The van der Waals surface area contributed by atoms with Crippen LogP contribution in [0.5, 0.6) is 11.5 Å². The lowest BCUT2D eigenvalue weighted by Gasteiger charge is -2.12. The average molecular weight is 319 g/mol. The maximum absolute atomic E-state index is 11.6. The highest BCUT2D eigenvalue weighted by Gasteiger charge is 2.26. The van der Waals surface area contributed by atoms with Crippen molar-refractivity contribution in [3.63, 3.8) is 0 Å². The Bertz CT molecular complexity index is 869. The molecule has 1 N–H and O–H groups in total. The van der Waals surface area contributed by atoms with Crippen molar-refractivity contribution in [1.82, 2.24) is 15.1 Å². The van der Waals surface area contributed by atoms with Crippen LogP contribution in [0, 0.1) is 0 Å². The number of rotatable bonds is 3. The number of carbonyl (C=O) groups excluding carboxylic acids is 1. The van der Waals surface area contributed by atoms with Gasteiger partial charge in [0.1, 0.15) is 11.5 Å². The van der Waals surface area contributed by atoms with Gasteiger partial charge in [0.25, 0.3) is 0 Å². The monoisotopic (exact) mass is 319 g/mol. The fraction of sp³-hybridized carbons (Fsp3) is 0.158. The number of amides is 1. The van der Waals surface area contributed by atoms with Crippen LogP contribution in [-0.2, 0) is 17.9 Å². The minimum absolute atomic E-state index is 0.0807. The molecule has 1 aliphatic heterocycles. The molecule has 2 aromatic carbocycles. The average Bonchev–Trinajstić information content (AvgIpc) is 3.17. The third-order valence-electron chi connectivity index (χ3n) is 4.20. The third-order valence-corrected chi connectivity index (χ3v) is 4.20. The Hall–Kier alpha value is -3.08. The molecule has 0 radical (unpaired) electrons. The normalized spacial score (nSPS) is 13.0. The summed E-state index contributed by atoms with van der Waals surface area (Å²) in [5.74, 6) is 1.67. The molecule has 4 rings (SSSR count). The number of carbonyl (C=O) groups is 1. The first kappa shape index (κ1) is 14.5. The van der Waals surface area contributed by atoms with E-state index in [2.05, 4.69) is 10.2 Å². The molecule has 0 aliphatic carbocycles. The predicted octanol–water partition coefficient (Wildman–Crippen LogP) is 3.73. The first-order valence-electron chi connectivity index (χ1n) is 7.85. The Labute approximate surface area is 139 Å². The van der Waals surface area contributed by atoms with Gasteiger partial charge in [-0.1, -0.05) is 18.2 Å². The zero-order chi connectivity index (χ0) is 16.5. The van der Waals surface area contributed by atoms with Crippen LogP contribution in [0.3, 0.4) is 0 Å². The summed E-state index contributed by atoms with van der Waals surface area (Å²) in [6, 6.07) is 17.5. The largest absolute Gasteiger partial charge is 0.457 e. The van der Waals surface area contributed by atoms with Crippen molar-refractivity contribution in [1.29, 1.82) is 0 Å². The van der Waals surface area contributed by atoms with Gasteiger partial charge in [0.2, 0.25) is 5.91 Å². The van der Waals surface area contributed by atoms with Gasteiger partial charge in [-0.05, 0) is 36.4 Å². The summed E-state index contributed by atoms with van der Waals surface area (Å²) < 4.78 is 5.81. The summed E-state index contributed by atoms with van der Waals surface area (Å²) in [6.45, 7) is 2.81. The van der Waals surface area contributed by atoms with Crippen molar-refractivity contribution >= 4 is 5.91 Å². The van der Waals surface area contributed by atoms with Crippen LogP contribution in [0.25, 0.3) is 11.3 Å². The fourth-order valence-electron chi connectivity index (χ4n) is 2.91. The van der Waals surface area contributed by atoms with Crippen molar-refractivity contribution in [2.45, 2.75) is 20.0 Å². The van der Waals surface area contributed by atoms with Crippen LogP contribution < -0.4 is 4.74 Å². The molecule has 0 unspecified atom stereocenters. The molecular formula is C19H17N3O2. The van der Waals surface area contributed by atoms with E-state index in [1.54, 1.807) is 11.8 Å². The van der Waals surface area contributed by atoms with Crippen LogP contribution in [0.1, 0.15) is 18.2 Å². The van der Waals surface area contributed by atoms with E-state index in [9.17, 15) is 4.79 Å². The number of fused-ring (bicyclic) bond motifs is 1. The van der Waals surface area contributed by atoms with E-state index in [0.29, 0.717) is 13.1 Å². The molecule has 2 heterocycles. The van der Waals surface area contributed by atoms with Gasteiger partial charge in [-0.25, -0.2) is 0 Å². The summed E-state index contributed by atoms with van der Waals surface area (Å²) in [5, 5.41) is 7.46. The Morgan fingerprint density at radius 3 is 2.46 bits per heavy atom. The van der Waals surface area contributed by atoms with E-state index in [1.165, 1.54) is 0 Å². The second-order valence-corrected chi connectivity index (χ2v) is 5.84. The first-order chi connectivity index (χ1) is 11.7. The number of hydrogen-bond donors (Lipinski definition) is 1. The molecule has 0 atom stereocenters. The second-order valence-electron chi connectivity index (χ2n) is 5.84. The van der Waals surface area contributed by atoms with Crippen molar-refractivity contribution in [3.05, 3.63) is 65.9 Å². The molecule has 0 fully saturated rings. The Kier molecular flexibility index (Phi) is 3.54. The van der Waals surface area contributed by atoms with Crippen molar-refractivity contribution < 1.29 is 9.53 Å². The number of benzene rings is 2. The van der Waals surface area contributed by atoms with Gasteiger partial charge in [-0.2, -0.15) is 5.10 Å². The quantitative estimate of drug-likeness (QED) is 0.800. The lowest BCUT2D eigenvalue weighted by atomic mass is 10.1. The van der Waals surface area contributed by atoms with E-state index < -0.39 is 0 Å². The molecule has 5 nitrogen and oxygen atoms in total. The first-order valence-corrected chi connectivity index (χ1v) is 7.85. The van der Waals surface area contributed by atoms with E-state index >= 15 is 0 Å². The van der Waals surface area contributed by atoms with Gasteiger partial charge < -0.3 is 9.64 Å². The van der Waals surface area contributed by atoms with Crippen LogP contribution in [0.4, 0.5) is 0 Å². The van der Waals surface area contributed by atoms with Crippen LogP contribution in [-0.4, -0.2) is 21.0 Å². The SMILES string of the molecule is CC(=O)N1Cc2[nH]nc(-c3ccc(Oc4ccccc4)cc3)c2C1. The zero-order valence-electron chi connectivity index (χ0n) is 13.3. The summed E-state index contributed by atoms with van der Waals surface area (Å²) >= 11 is 0. The summed E-state index contributed by atoms with van der Waals surface area (Å²) in [5.41, 5.74) is 4.03. The molecule has 5 heteroatoms. The van der Waals surface area contributed by atoms with Crippen LogP contribution in [0.15, 0.2) is 54.6 Å². The maximum Gasteiger partial charge on any atom is 0.220 e. The number of para-hydroxylation sites is 1. The van der Waals surface area contributed by atoms with Crippen molar-refractivity contribution in [3.8, 4) is 22.8 Å². The standard InChI is InChI=1S/C19H17N3O2/c1-13(23)22-11-17-18(12-22)20-21-19(17)14-7-9-16(10-8-14)24-15-5-3-2-4-6-15/h2-10H,11-12H2,1H3,(H,20,21). The molecule has 1 amide bonds. The van der Waals surface area contributed by atoms with E-state index in [-0.39, 0.29) is 5.91 Å². The topological polar surface area (TPSA) is 58.2 Å². The molecule has 0 saturated heterocycles. The minimum atomic E-state index is 0.0807. The molecule has 120 valence electrons. The predicted molar refractivity (Wildman–Crippen MR) is 90.5 cm³/mol. The number of aromatic amines is 1. The molecular weight excluding hydrogens is 302 g/mol. The van der Waals surface area contributed by atoms with Crippen LogP contribution >= 0.6 is 0 Å². The van der Waals surface area contributed by atoms with Gasteiger partial charge in [-0.15, -0.1) is 0 Å². The molecule has 3 aromatic rings. The summed E-state index contributed by atoms with van der Waals surface area (Å²) in [7, 11) is 0. The smallest absolute Gasteiger partial charge is 0.220 e. The Balaban J connectivity index is 1.56. The lowest BCUT2D eigenvalue weighted by Crippen LogP contribution is -2.22. The summed E-state index contributed by atoms with van der Waals surface area (Å²) in [4.78, 5) is 13.4. The van der Waals surface area contributed by atoms with E-state index in [4.69, 9.17) is 4.74 Å². The maximum atomic E-state index is 11.6. The molecule has 0 spiro atoms. The van der Waals surface area contributed by atoms with Gasteiger partial charge in [-0.3, -0.25) is 9.89 Å². The number of nitrogens with zero attached hydrogens (tertiary/aromatic N) is 2. The molecule has 1 aliphatic rings. The molecule has 0 saturated carbocycles. The number of hydrogen-bond acceptors (Lipinski definition) is 3. The van der Waals surface area contributed by atoms with E-state index in [1.807, 2.05) is 54.6 Å². The van der Waals surface area contributed by atoms with Gasteiger partial charge in [0.15, 0.2) is 0 Å². The minimum Gasteiger partial charge on any atom is -0.457 e. The highest BCUT2D eigenvalue weighted by molar-refractivity contribution is 5.75. The summed E-state index contributed by atoms with van der Waals surface area (Å²) in [6.07, 6.45) is 0. The lowest BCUT2D eigenvalue weighted by molar-refractivity contribution is -0.129. The number of H-pyrrole nitrogens is 1. The third kappa shape index (κ3) is 2.65. The molecule has 0 bridgehead atoms. The number of nitrogens with one attached hydrogen (secondary N) is 1. The van der Waals surface area contributed by atoms with Gasteiger partial charge in [0, 0.05) is 18.1 Å². The van der Waals surface area contributed by atoms with Crippen molar-refractivity contribution in [2.24, 2.45) is 0 Å². The zero-order valence-corrected chi connectivity index (χ0v) is 13.3. The highest BCUT2D eigenvalue weighted by Crippen LogP contribution is 2.32. The Morgan fingerprint density at radius 2 is 1.75 bits per heavy atom. The molecule has 1 aromatic heterocycles. The fourth-order valence-corrected chi connectivity index (χ4v) is 2.91. The number of ether oxygens (including phenoxy) is 1. The van der Waals surface area contributed by atoms with E-state index in [0.717, 1.165) is 34.0 Å². The van der Waals surface area contributed by atoms with Crippen molar-refractivity contribution in [2.75, 3.05) is 0 Å².